The van der Waals surface area contributed by atoms with Crippen LogP contribution >= 0.6 is 0 Å². The summed E-state index contributed by atoms with van der Waals surface area (Å²) in [5.41, 5.74) is 5.97. The molecule has 1 saturated heterocycles. The summed E-state index contributed by atoms with van der Waals surface area (Å²) in [6, 6.07) is 0.341. The van der Waals surface area contributed by atoms with Crippen molar-refractivity contribution >= 4 is 0 Å². The number of rotatable bonds is 2. The van der Waals surface area contributed by atoms with Gasteiger partial charge in [0.15, 0.2) is 0 Å². The molecule has 0 aromatic heterocycles. The van der Waals surface area contributed by atoms with E-state index in [2.05, 4.69) is 25.8 Å². The molecule has 0 radical (unpaired) electrons. The maximum absolute atomic E-state index is 5.77. The first kappa shape index (κ1) is 11.0. The molecule has 0 spiro atoms. The molecule has 1 atom stereocenters. The van der Waals surface area contributed by atoms with Gasteiger partial charge in [0.25, 0.3) is 0 Å². The van der Waals surface area contributed by atoms with Crippen molar-refractivity contribution < 1.29 is 4.84 Å². The Hall–Kier alpha value is -0.120. The molecule has 3 nitrogen and oxygen atoms in total. The van der Waals surface area contributed by atoms with Gasteiger partial charge in [-0.3, -0.25) is 4.84 Å². The van der Waals surface area contributed by atoms with Crippen LogP contribution in [0, 0.1) is 5.41 Å². The predicted octanol–water partition coefficient (Wildman–Crippen LogP) is 1.39. The van der Waals surface area contributed by atoms with Crippen LogP contribution in [0.1, 0.15) is 33.6 Å². The van der Waals surface area contributed by atoms with Crippen molar-refractivity contribution in [3.8, 4) is 0 Å². The maximum Gasteiger partial charge on any atom is 0.0685 e. The quantitative estimate of drug-likeness (QED) is 0.708. The average Bonchev–Trinajstić information content (AvgIpc) is 2.05. The summed E-state index contributed by atoms with van der Waals surface area (Å²) >= 11 is 0. The second kappa shape index (κ2) is 4.40. The highest BCUT2D eigenvalue weighted by Crippen LogP contribution is 2.25. The van der Waals surface area contributed by atoms with E-state index in [1.54, 1.807) is 0 Å². The Morgan fingerprint density at radius 2 is 2.08 bits per heavy atom. The number of hydroxylamine groups is 2. The van der Waals surface area contributed by atoms with E-state index in [4.69, 9.17) is 10.6 Å². The van der Waals surface area contributed by atoms with E-state index in [0.29, 0.717) is 12.6 Å². The van der Waals surface area contributed by atoms with Crippen LogP contribution in [0.2, 0.25) is 0 Å². The average molecular weight is 186 g/mol. The zero-order valence-electron chi connectivity index (χ0n) is 9.05. The van der Waals surface area contributed by atoms with Crippen molar-refractivity contribution in [2.45, 2.75) is 39.7 Å². The van der Waals surface area contributed by atoms with Crippen LogP contribution in [0.5, 0.6) is 0 Å². The standard InChI is InChI=1S/C10H22N2O/c1-10(2,3)9(8-11)12-6-4-5-7-13-12/h9H,4-8,11H2,1-3H3. The molecule has 78 valence electrons. The van der Waals surface area contributed by atoms with Crippen molar-refractivity contribution in [3.63, 3.8) is 0 Å². The number of hydrogen-bond acceptors (Lipinski definition) is 3. The first-order valence-electron chi connectivity index (χ1n) is 5.15. The number of nitrogens with zero attached hydrogens (tertiary/aromatic N) is 1. The summed E-state index contributed by atoms with van der Waals surface area (Å²) < 4.78 is 0. The van der Waals surface area contributed by atoms with E-state index in [0.717, 1.165) is 13.2 Å². The highest BCUT2D eigenvalue weighted by Gasteiger charge is 2.30. The molecule has 0 aromatic carbocycles. The summed E-state index contributed by atoms with van der Waals surface area (Å²) in [4.78, 5) is 5.61. The zero-order chi connectivity index (χ0) is 9.90. The van der Waals surface area contributed by atoms with E-state index in [1.807, 2.05) is 0 Å². The molecule has 1 unspecified atom stereocenters. The highest BCUT2D eigenvalue weighted by atomic mass is 16.7. The zero-order valence-corrected chi connectivity index (χ0v) is 9.05. The minimum absolute atomic E-state index is 0.200. The Morgan fingerprint density at radius 1 is 1.38 bits per heavy atom. The van der Waals surface area contributed by atoms with Gasteiger partial charge in [-0.2, -0.15) is 5.06 Å². The SMILES string of the molecule is CC(C)(C)C(CN)N1CCCCO1. The minimum Gasteiger partial charge on any atom is -0.329 e. The van der Waals surface area contributed by atoms with Crippen molar-refractivity contribution in [3.05, 3.63) is 0 Å². The first-order valence-corrected chi connectivity index (χ1v) is 5.15. The highest BCUT2D eigenvalue weighted by molar-refractivity contribution is 4.81. The van der Waals surface area contributed by atoms with E-state index < -0.39 is 0 Å². The van der Waals surface area contributed by atoms with Crippen molar-refractivity contribution in [1.29, 1.82) is 0 Å². The molecule has 0 saturated carbocycles. The summed E-state index contributed by atoms with van der Waals surface area (Å²) in [6.07, 6.45) is 2.41. The fourth-order valence-corrected chi connectivity index (χ4v) is 1.76. The summed E-state index contributed by atoms with van der Waals surface area (Å²) in [5.74, 6) is 0. The summed E-state index contributed by atoms with van der Waals surface area (Å²) in [6.45, 7) is 9.18. The molecule has 13 heavy (non-hydrogen) atoms. The van der Waals surface area contributed by atoms with E-state index >= 15 is 0 Å². The Kier molecular flexibility index (Phi) is 3.71. The lowest BCUT2D eigenvalue weighted by atomic mass is 9.86. The lowest BCUT2D eigenvalue weighted by Crippen LogP contribution is -2.50. The van der Waals surface area contributed by atoms with Gasteiger partial charge in [-0.05, 0) is 18.3 Å². The van der Waals surface area contributed by atoms with E-state index in [-0.39, 0.29) is 5.41 Å². The van der Waals surface area contributed by atoms with Gasteiger partial charge in [0, 0.05) is 13.1 Å². The molecule has 2 N–H and O–H groups in total. The molecule has 0 bridgehead atoms. The van der Waals surface area contributed by atoms with Crippen LogP contribution < -0.4 is 5.73 Å². The summed E-state index contributed by atoms with van der Waals surface area (Å²) in [5, 5.41) is 2.07. The predicted molar refractivity (Wildman–Crippen MR) is 54.2 cm³/mol. The van der Waals surface area contributed by atoms with Crippen molar-refractivity contribution in [2.24, 2.45) is 11.1 Å². The summed E-state index contributed by atoms with van der Waals surface area (Å²) in [7, 11) is 0. The molecule has 0 amide bonds. The molecule has 0 aromatic rings. The molecule has 1 fully saturated rings. The van der Waals surface area contributed by atoms with E-state index in [9.17, 15) is 0 Å². The first-order chi connectivity index (χ1) is 6.05. The van der Waals surface area contributed by atoms with Crippen LogP contribution in [-0.4, -0.2) is 30.8 Å². The second-order valence-electron chi connectivity index (χ2n) is 4.80. The Balaban J connectivity index is 2.54. The third kappa shape index (κ3) is 2.93. The van der Waals surface area contributed by atoms with E-state index in [1.165, 1.54) is 12.8 Å². The molecule has 1 heterocycles. The lowest BCUT2D eigenvalue weighted by Gasteiger charge is -2.40. The molecule has 0 aliphatic carbocycles. The number of hydrogen-bond donors (Lipinski definition) is 1. The third-order valence-corrected chi connectivity index (χ3v) is 2.60. The smallest absolute Gasteiger partial charge is 0.0685 e. The van der Waals surface area contributed by atoms with Gasteiger partial charge in [0.05, 0.1) is 12.6 Å². The van der Waals surface area contributed by atoms with Crippen molar-refractivity contribution in [1.82, 2.24) is 5.06 Å². The topological polar surface area (TPSA) is 38.5 Å². The fraction of sp³-hybridized carbons (Fsp3) is 1.00. The van der Waals surface area contributed by atoms with Gasteiger partial charge in [-0.1, -0.05) is 20.8 Å². The molecule has 1 rings (SSSR count). The molecular formula is C10H22N2O. The normalized spacial score (nSPS) is 23.1. The number of nitrogens with two attached hydrogens (primary N) is 1. The van der Waals surface area contributed by atoms with Gasteiger partial charge in [-0.15, -0.1) is 0 Å². The van der Waals surface area contributed by atoms with Crippen molar-refractivity contribution in [2.75, 3.05) is 19.7 Å². The van der Waals surface area contributed by atoms with Crippen LogP contribution in [-0.2, 0) is 4.84 Å². The molecule has 1 aliphatic rings. The van der Waals surface area contributed by atoms with Gasteiger partial charge >= 0.3 is 0 Å². The minimum atomic E-state index is 0.200. The Labute approximate surface area is 81.2 Å². The van der Waals surface area contributed by atoms with Gasteiger partial charge in [0.1, 0.15) is 0 Å². The van der Waals surface area contributed by atoms with Gasteiger partial charge in [-0.25, -0.2) is 0 Å². The van der Waals surface area contributed by atoms with Crippen LogP contribution in [0.3, 0.4) is 0 Å². The van der Waals surface area contributed by atoms with Crippen LogP contribution in [0.15, 0.2) is 0 Å². The molecule has 1 aliphatic heterocycles. The fourth-order valence-electron chi connectivity index (χ4n) is 1.76. The third-order valence-electron chi connectivity index (χ3n) is 2.60. The maximum atomic E-state index is 5.77. The molecular weight excluding hydrogens is 164 g/mol. The van der Waals surface area contributed by atoms with Crippen LogP contribution in [0.25, 0.3) is 0 Å². The lowest BCUT2D eigenvalue weighted by molar-refractivity contribution is -0.221. The van der Waals surface area contributed by atoms with Crippen LogP contribution in [0.4, 0.5) is 0 Å². The second-order valence-corrected chi connectivity index (χ2v) is 4.80. The Bertz CT molecular complexity index is 147. The van der Waals surface area contributed by atoms with Gasteiger partial charge in [0.2, 0.25) is 0 Å². The Morgan fingerprint density at radius 3 is 2.46 bits per heavy atom. The largest absolute Gasteiger partial charge is 0.329 e. The monoisotopic (exact) mass is 186 g/mol. The van der Waals surface area contributed by atoms with Gasteiger partial charge < -0.3 is 5.73 Å². The molecule has 3 heteroatoms.